The molecule has 0 bridgehead atoms. The number of nitrogens with one attached hydrogen (secondary N) is 1. The molecule has 0 atom stereocenters. The maximum absolute atomic E-state index is 11.9. The lowest BCUT2D eigenvalue weighted by molar-refractivity contribution is -0.127. The number of primary amides is 1. The van der Waals surface area contributed by atoms with Crippen molar-refractivity contribution < 1.29 is 28.6 Å². The van der Waals surface area contributed by atoms with Gasteiger partial charge < -0.3 is 25.3 Å². The molecule has 0 aliphatic carbocycles. The first-order chi connectivity index (χ1) is 10.5. The molecule has 1 aromatic rings. The van der Waals surface area contributed by atoms with E-state index in [1.165, 1.54) is 12.1 Å². The summed E-state index contributed by atoms with van der Waals surface area (Å²) >= 11 is 6.00. The Morgan fingerprint density at radius 3 is 2.73 bits per heavy atom. The van der Waals surface area contributed by atoms with Gasteiger partial charge in [0.05, 0.1) is 17.1 Å². The zero-order valence-electron chi connectivity index (χ0n) is 11.4. The molecular weight excluding hydrogens is 316 g/mol. The standard InChI is InChI=1S/C13H13ClN2O6/c14-8-3-7(4-9-12(8)21-2-1-20-9)13(19)22-6-11(18)16-5-10(15)17/h3-4H,1-2,5-6H2,(H2,15,17)(H,16,18). The highest BCUT2D eigenvalue weighted by atomic mass is 35.5. The van der Waals surface area contributed by atoms with Crippen LogP contribution < -0.4 is 20.5 Å². The van der Waals surface area contributed by atoms with Crippen LogP contribution in [0, 0.1) is 0 Å². The lowest BCUT2D eigenvalue weighted by Gasteiger charge is -2.19. The third-order valence-electron chi connectivity index (χ3n) is 2.63. The van der Waals surface area contributed by atoms with Crippen molar-refractivity contribution in [2.75, 3.05) is 26.4 Å². The van der Waals surface area contributed by atoms with Crippen molar-refractivity contribution in [3.05, 3.63) is 22.7 Å². The van der Waals surface area contributed by atoms with Gasteiger partial charge >= 0.3 is 5.97 Å². The Labute approximate surface area is 130 Å². The molecule has 1 aliphatic heterocycles. The van der Waals surface area contributed by atoms with Crippen LogP contribution in [-0.2, 0) is 14.3 Å². The first kappa shape index (κ1) is 15.9. The van der Waals surface area contributed by atoms with E-state index in [0.717, 1.165) is 0 Å². The number of carbonyl (C=O) groups is 3. The van der Waals surface area contributed by atoms with Gasteiger partial charge in [-0.15, -0.1) is 0 Å². The zero-order chi connectivity index (χ0) is 16.1. The predicted molar refractivity (Wildman–Crippen MR) is 74.9 cm³/mol. The molecule has 0 spiro atoms. The Balaban J connectivity index is 1.97. The van der Waals surface area contributed by atoms with Crippen molar-refractivity contribution in [2.24, 2.45) is 5.73 Å². The minimum Gasteiger partial charge on any atom is -0.486 e. The molecule has 0 aromatic heterocycles. The van der Waals surface area contributed by atoms with Crippen LogP contribution in [0.4, 0.5) is 0 Å². The normalized spacial score (nSPS) is 12.4. The summed E-state index contributed by atoms with van der Waals surface area (Å²) in [5.74, 6) is -1.39. The molecule has 1 aromatic carbocycles. The third-order valence-corrected chi connectivity index (χ3v) is 2.91. The number of rotatable bonds is 5. The molecule has 8 nitrogen and oxygen atoms in total. The summed E-state index contributed by atoms with van der Waals surface area (Å²) in [5.41, 5.74) is 4.99. The molecule has 0 fully saturated rings. The highest BCUT2D eigenvalue weighted by Gasteiger charge is 2.20. The van der Waals surface area contributed by atoms with Crippen LogP contribution in [0.25, 0.3) is 0 Å². The van der Waals surface area contributed by atoms with E-state index in [9.17, 15) is 14.4 Å². The summed E-state index contributed by atoms with van der Waals surface area (Å²) in [5, 5.41) is 2.40. The Hall–Kier alpha value is -2.48. The molecule has 0 unspecified atom stereocenters. The number of ether oxygens (including phenoxy) is 3. The molecule has 118 valence electrons. The number of hydrogen-bond acceptors (Lipinski definition) is 6. The van der Waals surface area contributed by atoms with Crippen LogP contribution >= 0.6 is 11.6 Å². The molecule has 0 radical (unpaired) electrons. The smallest absolute Gasteiger partial charge is 0.338 e. The predicted octanol–water partition coefficient (Wildman–Crippen LogP) is -0.131. The summed E-state index contributed by atoms with van der Waals surface area (Å²) in [6.07, 6.45) is 0. The maximum Gasteiger partial charge on any atom is 0.338 e. The fraction of sp³-hybridized carbons (Fsp3) is 0.308. The maximum atomic E-state index is 11.9. The van der Waals surface area contributed by atoms with Gasteiger partial charge in [-0.05, 0) is 12.1 Å². The van der Waals surface area contributed by atoms with Crippen molar-refractivity contribution in [1.82, 2.24) is 5.32 Å². The van der Waals surface area contributed by atoms with Gasteiger partial charge in [-0.25, -0.2) is 4.79 Å². The lowest BCUT2D eigenvalue weighted by Crippen LogP contribution is -2.36. The monoisotopic (exact) mass is 328 g/mol. The fourth-order valence-electron chi connectivity index (χ4n) is 1.68. The number of halogens is 1. The van der Waals surface area contributed by atoms with Gasteiger partial charge in [0, 0.05) is 0 Å². The Kier molecular flexibility index (Phi) is 5.05. The quantitative estimate of drug-likeness (QED) is 0.727. The lowest BCUT2D eigenvalue weighted by atomic mass is 10.2. The first-order valence-electron chi connectivity index (χ1n) is 6.28. The van der Waals surface area contributed by atoms with Gasteiger partial charge in [0.25, 0.3) is 5.91 Å². The van der Waals surface area contributed by atoms with Gasteiger partial charge in [-0.1, -0.05) is 11.6 Å². The minimum absolute atomic E-state index is 0.122. The first-order valence-corrected chi connectivity index (χ1v) is 6.66. The average molecular weight is 329 g/mol. The van der Waals surface area contributed by atoms with Gasteiger partial charge in [0.15, 0.2) is 18.1 Å². The van der Waals surface area contributed by atoms with Gasteiger partial charge in [-0.2, -0.15) is 0 Å². The van der Waals surface area contributed by atoms with Crippen molar-refractivity contribution in [3.8, 4) is 11.5 Å². The highest BCUT2D eigenvalue weighted by molar-refractivity contribution is 6.32. The molecule has 22 heavy (non-hydrogen) atoms. The van der Waals surface area contributed by atoms with Crippen LogP contribution in [0.2, 0.25) is 5.02 Å². The van der Waals surface area contributed by atoms with Crippen LogP contribution in [0.1, 0.15) is 10.4 Å². The van der Waals surface area contributed by atoms with Crippen molar-refractivity contribution >= 4 is 29.4 Å². The van der Waals surface area contributed by atoms with Crippen molar-refractivity contribution in [1.29, 1.82) is 0 Å². The summed E-state index contributed by atoms with van der Waals surface area (Å²) in [4.78, 5) is 33.7. The Morgan fingerprint density at radius 2 is 2.00 bits per heavy atom. The zero-order valence-corrected chi connectivity index (χ0v) is 12.1. The summed E-state index contributed by atoms with van der Waals surface area (Å²) in [7, 11) is 0. The van der Waals surface area contributed by atoms with E-state index in [0.29, 0.717) is 24.7 Å². The van der Waals surface area contributed by atoms with E-state index < -0.39 is 24.4 Å². The van der Waals surface area contributed by atoms with Crippen LogP contribution in [0.5, 0.6) is 11.5 Å². The van der Waals surface area contributed by atoms with E-state index in [1.807, 2.05) is 0 Å². The van der Waals surface area contributed by atoms with Crippen LogP contribution in [0.3, 0.4) is 0 Å². The van der Waals surface area contributed by atoms with Crippen LogP contribution in [-0.4, -0.2) is 44.1 Å². The SMILES string of the molecule is NC(=O)CNC(=O)COC(=O)c1cc(Cl)c2c(c1)OCCO2. The van der Waals surface area contributed by atoms with E-state index >= 15 is 0 Å². The van der Waals surface area contributed by atoms with Crippen LogP contribution in [0.15, 0.2) is 12.1 Å². The highest BCUT2D eigenvalue weighted by Crippen LogP contribution is 2.38. The van der Waals surface area contributed by atoms with Gasteiger partial charge in [-0.3, -0.25) is 9.59 Å². The molecule has 9 heteroatoms. The Morgan fingerprint density at radius 1 is 1.27 bits per heavy atom. The van der Waals surface area contributed by atoms with Gasteiger partial charge in [0.1, 0.15) is 13.2 Å². The van der Waals surface area contributed by atoms with Crippen molar-refractivity contribution in [3.63, 3.8) is 0 Å². The van der Waals surface area contributed by atoms with E-state index in [4.69, 9.17) is 31.5 Å². The number of amides is 2. The molecule has 1 aliphatic rings. The molecule has 1 heterocycles. The van der Waals surface area contributed by atoms with Crippen molar-refractivity contribution in [2.45, 2.75) is 0 Å². The molecule has 2 amide bonds. The second-order valence-electron chi connectivity index (χ2n) is 4.30. The number of esters is 1. The fourth-order valence-corrected chi connectivity index (χ4v) is 1.95. The molecule has 0 saturated heterocycles. The number of fused-ring (bicyclic) bond motifs is 1. The second kappa shape index (κ2) is 6.99. The molecule has 2 rings (SSSR count). The number of nitrogens with two attached hydrogens (primary N) is 1. The summed E-state index contributed by atoms with van der Waals surface area (Å²) in [6, 6.07) is 2.78. The minimum atomic E-state index is -0.756. The number of hydrogen-bond donors (Lipinski definition) is 2. The summed E-state index contributed by atoms with van der Waals surface area (Å²) in [6.45, 7) is -0.154. The molecular formula is C13H13ClN2O6. The van der Waals surface area contributed by atoms with E-state index in [2.05, 4.69) is 5.32 Å². The average Bonchev–Trinajstić information content (AvgIpc) is 2.50. The third kappa shape index (κ3) is 4.01. The molecule has 0 saturated carbocycles. The summed E-state index contributed by atoms with van der Waals surface area (Å²) < 4.78 is 15.5. The second-order valence-corrected chi connectivity index (χ2v) is 4.71. The van der Waals surface area contributed by atoms with E-state index in [-0.39, 0.29) is 17.1 Å². The van der Waals surface area contributed by atoms with Gasteiger partial charge in [0.2, 0.25) is 5.91 Å². The Bertz CT molecular complexity index is 619. The number of benzene rings is 1. The number of carbonyl (C=O) groups excluding carboxylic acids is 3. The largest absolute Gasteiger partial charge is 0.486 e. The van der Waals surface area contributed by atoms with E-state index in [1.54, 1.807) is 0 Å². The topological polar surface area (TPSA) is 117 Å². The molecule has 3 N–H and O–H groups in total.